The molecule has 1 aliphatic rings. The van der Waals surface area contributed by atoms with Crippen LogP contribution in [-0.2, 0) is 4.79 Å². The van der Waals surface area contributed by atoms with E-state index in [4.69, 9.17) is 0 Å². The maximum absolute atomic E-state index is 12.1. The Kier molecular flexibility index (Phi) is 3.86. The molecule has 4 nitrogen and oxygen atoms in total. The van der Waals surface area contributed by atoms with E-state index in [0.717, 1.165) is 23.6 Å². The molecule has 2 N–H and O–H groups in total. The molecule has 0 saturated heterocycles. The van der Waals surface area contributed by atoms with Gasteiger partial charge in [0, 0.05) is 24.6 Å². The van der Waals surface area contributed by atoms with Gasteiger partial charge in [-0.05, 0) is 35.7 Å². The van der Waals surface area contributed by atoms with Crippen molar-refractivity contribution in [3.05, 3.63) is 48.0 Å². The average Bonchev–Trinajstić information content (AvgIpc) is 3.30. The van der Waals surface area contributed by atoms with E-state index in [-0.39, 0.29) is 11.8 Å². The molecule has 0 bridgehead atoms. The fourth-order valence-corrected chi connectivity index (χ4v) is 2.25. The molecule has 0 radical (unpaired) electrons. The van der Waals surface area contributed by atoms with Gasteiger partial charge in [-0.15, -0.1) is 0 Å². The zero-order chi connectivity index (χ0) is 14.7. The Labute approximate surface area is 123 Å². The molecule has 1 saturated carbocycles. The van der Waals surface area contributed by atoms with Gasteiger partial charge in [-0.2, -0.15) is 0 Å². The SMILES string of the molecule is O=C(CCNC(=O)c1ccc2ccccc2c1)NC1CC1. The summed E-state index contributed by atoms with van der Waals surface area (Å²) in [5, 5.41) is 7.84. The third kappa shape index (κ3) is 3.60. The second-order valence-electron chi connectivity index (χ2n) is 5.41. The van der Waals surface area contributed by atoms with Crippen molar-refractivity contribution in [1.29, 1.82) is 0 Å². The maximum atomic E-state index is 12.1. The van der Waals surface area contributed by atoms with Gasteiger partial charge >= 0.3 is 0 Å². The Morgan fingerprint density at radius 3 is 2.57 bits per heavy atom. The van der Waals surface area contributed by atoms with E-state index in [2.05, 4.69) is 10.6 Å². The molecule has 2 amide bonds. The molecule has 0 aliphatic heterocycles. The minimum absolute atomic E-state index is 0.0105. The third-order valence-corrected chi connectivity index (χ3v) is 3.59. The topological polar surface area (TPSA) is 58.2 Å². The van der Waals surface area contributed by atoms with Crippen LogP contribution in [0.5, 0.6) is 0 Å². The van der Waals surface area contributed by atoms with E-state index in [1.807, 2.05) is 42.5 Å². The lowest BCUT2D eigenvalue weighted by Gasteiger charge is -2.07. The summed E-state index contributed by atoms with van der Waals surface area (Å²) in [4.78, 5) is 23.6. The van der Waals surface area contributed by atoms with Gasteiger partial charge < -0.3 is 10.6 Å². The molecule has 0 unspecified atom stereocenters. The molecule has 2 aromatic carbocycles. The first-order valence-electron chi connectivity index (χ1n) is 7.29. The lowest BCUT2D eigenvalue weighted by Crippen LogP contribution is -2.31. The minimum Gasteiger partial charge on any atom is -0.353 e. The number of rotatable bonds is 5. The monoisotopic (exact) mass is 282 g/mol. The first kappa shape index (κ1) is 13.6. The highest BCUT2D eigenvalue weighted by Gasteiger charge is 2.22. The van der Waals surface area contributed by atoms with Crippen LogP contribution in [0.4, 0.5) is 0 Å². The average molecular weight is 282 g/mol. The van der Waals surface area contributed by atoms with E-state index in [1.54, 1.807) is 0 Å². The van der Waals surface area contributed by atoms with Crippen LogP contribution in [0.15, 0.2) is 42.5 Å². The van der Waals surface area contributed by atoms with Crippen molar-refractivity contribution in [3.8, 4) is 0 Å². The van der Waals surface area contributed by atoms with Crippen LogP contribution in [0.25, 0.3) is 10.8 Å². The predicted molar refractivity (Wildman–Crippen MR) is 82.1 cm³/mol. The van der Waals surface area contributed by atoms with Crippen LogP contribution in [0.1, 0.15) is 29.6 Å². The summed E-state index contributed by atoms with van der Waals surface area (Å²) in [6.07, 6.45) is 2.49. The Bertz CT molecular complexity index is 677. The molecular formula is C17H18N2O2. The van der Waals surface area contributed by atoms with Gasteiger partial charge in [0.2, 0.25) is 5.91 Å². The number of hydrogen-bond donors (Lipinski definition) is 2. The maximum Gasteiger partial charge on any atom is 0.251 e. The smallest absolute Gasteiger partial charge is 0.251 e. The summed E-state index contributed by atoms with van der Waals surface area (Å²) in [6, 6.07) is 13.9. The lowest BCUT2D eigenvalue weighted by molar-refractivity contribution is -0.121. The zero-order valence-corrected chi connectivity index (χ0v) is 11.8. The Balaban J connectivity index is 1.54. The van der Waals surface area contributed by atoms with E-state index < -0.39 is 0 Å². The predicted octanol–water partition coefficient (Wildman–Crippen LogP) is 2.24. The minimum atomic E-state index is -0.139. The molecule has 108 valence electrons. The highest BCUT2D eigenvalue weighted by molar-refractivity contribution is 5.98. The van der Waals surface area contributed by atoms with Gasteiger partial charge in [0.15, 0.2) is 0 Å². The third-order valence-electron chi connectivity index (χ3n) is 3.59. The van der Waals surface area contributed by atoms with Gasteiger partial charge in [0.25, 0.3) is 5.91 Å². The molecule has 1 aliphatic carbocycles. The highest BCUT2D eigenvalue weighted by Crippen LogP contribution is 2.18. The van der Waals surface area contributed by atoms with E-state index in [0.29, 0.717) is 24.6 Å². The molecular weight excluding hydrogens is 264 g/mol. The second-order valence-corrected chi connectivity index (χ2v) is 5.41. The largest absolute Gasteiger partial charge is 0.353 e. The Morgan fingerprint density at radius 1 is 1.05 bits per heavy atom. The number of benzene rings is 2. The number of amides is 2. The fourth-order valence-electron chi connectivity index (χ4n) is 2.25. The molecule has 0 atom stereocenters. The Hall–Kier alpha value is -2.36. The van der Waals surface area contributed by atoms with Crippen molar-refractivity contribution in [2.75, 3.05) is 6.54 Å². The molecule has 21 heavy (non-hydrogen) atoms. The summed E-state index contributed by atoms with van der Waals surface area (Å²) in [6.45, 7) is 0.365. The van der Waals surface area contributed by atoms with Gasteiger partial charge in [-0.1, -0.05) is 30.3 Å². The van der Waals surface area contributed by atoms with Crippen molar-refractivity contribution >= 4 is 22.6 Å². The van der Waals surface area contributed by atoms with Crippen molar-refractivity contribution in [2.24, 2.45) is 0 Å². The number of carbonyl (C=O) groups excluding carboxylic acids is 2. The van der Waals surface area contributed by atoms with Crippen molar-refractivity contribution in [2.45, 2.75) is 25.3 Å². The standard InChI is InChI=1S/C17H18N2O2/c20-16(19-15-7-8-15)9-10-18-17(21)14-6-5-12-3-1-2-4-13(12)11-14/h1-6,11,15H,7-10H2,(H,18,21)(H,19,20). The highest BCUT2D eigenvalue weighted by atomic mass is 16.2. The van der Waals surface area contributed by atoms with Crippen molar-refractivity contribution in [1.82, 2.24) is 10.6 Å². The van der Waals surface area contributed by atoms with Crippen LogP contribution >= 0.6 is 0 Å². The lowest BCUT2D eigenvalue weighted by atomic mass is 10.1. The fraction of sp³-hybridized carbons (Fsp3) is 0.294. The van der Waals surface area contributed by atoms with Gasteiger partial charge in [-0.3, -0.25) is 9.59 Å². The summed E-state index contributed by atoms with van der Waals surface area (Å²) in [5.41, 5.74) is 0.622. The molecule has 1 fully saturated rings. The molecule has 3 rings (SSSR count). The first-order valence-corrected chi connectivity index (χ1v) is 7.29. The quantitative estimate of drug-likeness (QED) is 0.883. The van der Waals surface area contributed by atoms with Crippen LogP contribution in [0.2, 0.25) is 0 Å². The van der Waals surface area contributed by atoms with E-state index in [9.17, 15) is 9.59 Å². The van der Waals surface area contributed by atoms with E-state index in [1.165, 1.54) is 0 Å². The van der Waals surface area contributed by atoms with Crippen LogP contribution in [0, 0.1) is 0 Å². The second kappa shape index (κ2) is 5.95. The zero-order valence-electron chi connectivity index (χ0n) is 11.8. The van der Waals surface area contributed by atoms with Crippen molar-refractivity contribution in [3.63, 3.8) is 0 Å². The van der Waals surface area contributed by atoms with Crippen LogP contribution < -0.4 is 10.6 Å². The summed E-state index contributed by atoms with van der Waals surface area (Å²) in [5.74, 6) is -0.128. The van der Waals surface area contributed by atoms with Gasteiger partial charge in [0.1, 0.15) is 0 Å². The van der Waals surface area contributed by atoms with Crippen LogP contribution in [-0.4, -0.2) is 24.4 Å². The summed E-state index contributed by atoms with van der Waals surface area (Å²) >= 11 is 0. The number of carbonyl (C=O) groups is 2. The molecule has 0 heterocycles. The number of fused-ring (bicyclic) bond motifs is 1. The molecule has 2 aromatic rings. The Morgan fingerprint density at radius 2 is 1.81 bits per heavy atom. The normalized spacial score (nSPS) is 13.9. The first-order chi connectivity index (χ1) is 10.2. The molecule has 4 heteroatoms. The number of nitrogens with one attached hydrogen (secondary N) is 2. The number of hydrogen-bond acceptors (Lipinski definition) is 2. The van der Waals surface area contributed by atoms with Crippen LogP contribution in [0.3, 0.4) is 0 Å². The molecule has 0 spiro atoms. The van der Waals surface area contributed by atoms with Gasteiger partial charge in [0.05, 0.1) is 0 Å². The molecule has 0 aromatic heterocycles. The van der Waals surface area contributed by atoms with Gasteiger partial charge in [-0.25, -0.2) is 0 Å². The van der Waals surface area contributed by atoms with Crippen molar-refractivity contribution < 1.29 is 9.59 Å². The van der Waals surface area contributed by atoms with E-state index >= 15 is 0 Å². The summed E-state index contributed by atoms with van der Waals surface area (Å²) < 4.78 is 0. The summed E-state index contributed by atoms with van der Waals surface area (Å²) in [7, 11) is 0.